The Balaban J connectivity index is 1.32. The zero-order valence-corrected chi connectivity index (χ0v) is 15.1. The molecule has 1 fully saturated rings. The summed E-state index contributed by atoms with van der Waals surface area (Å²) in [7, 11) is 0. The number of pyridine rings is 1. The van der Waals surface area contributed by atoms with E-state index in [0.29, 0.717) is 6.54 Å². The standard InChI is InChI=1S/C19H22N6O2/c26-19-2-1-18(16-3-5-20-6-4-16)22-25(19)12-11-23-7-9-24(10-8-23)13-17-14-27-15-21-17/h1-6,14-15H,7-13H2. The van der Waals surface area contributed by atoms with Crippen molar-refractivity contribution in [2.45, 2.75) is 13.1 Å². The smallest absolute Gasteiger partial charge is 0.266 e. The van der Waals surface area contributed by atoms with Crippen LogP contribution < -0.4 is 5.56 Å². The summed E-state index contributed by atoms with van der Waals surface area (Å²) >= 11 is 0. The fourth-order valence-electron chi connectivity index (χ4n) is 3.24. The summed E-state index contributed by atoms with van der Waals surface area (Å²) in [6, 6.07) is 7.13. The van der Waals surface area contributed by atoms with Crippen LogP contribution in [0, 0.1) is 0 Å². The van der Waals surface area contributed by atoms with Crippen LogP contribution in [-0.4, -0.2) is 62.3 Å². The Morgan fingerprint density at radius 3 is 2.48 bits per heavy atom. The summed E-state index contributed by atoms with van der Waals surface area (Å²) in [6.07, 6.45) is 6.62. The van der Waals surface area contributed by atoms with Gasteiger partial charge in [-0.05, 0) is 18.2 Å². The van der Waals surface area contributed by atoms with Gasteiger partial charge in [-0.1, -0.05) is 0 Å². The van der Waals surface area contributed by atoms with Gasteiger partial charge in [0.2, 0.25) is 0 Å². The highest BCUT2D eigenvalue weighted by atomic mass is 16.3. The summed E-state index contributed by atoms with van der Waals surface area (Å²) < 4.78 is 6.58. The van der Waals surface area contributed by atoms with Crippen LogP contribution >= 0.6 is 0 Å². The van der Waals surface area contributed by atoms with E-state index >= 15 is 0 Å². The molecule has 0 radical (unpaired) electrons. The molecule has 140 valence electrons. The Kier molecular flexibility index (Phi) is 5.36. The normalized spacial score (nSPS) is 15.9. The van der Waals surface area contributed by atoms with E-state index in [1.165, 1.54) is 6.39 Å². The van der Waals surface area contributed by atoms with Gasteiger partial charge in [0.25, 0.3) is 5.56 Å². The van der Waals surface area contributed by atoms with Gasteiger partial charge in [0, 0.05) is 63.3 Å². The van der Waals surface area contributed by atoms with Crippen LogP contribution in [0.4, 0.5) is 0 Å². The molecule has 0 amide bonds. The molecular formula is C19H22N6O2. The molecule has 1 aliphatic rings. The molecule has 0 aromatic carbocycles. The molecular weight excluding hydrogens is 344 g/mol. The molecule has 3 aromatic rings. The largest absolute Gasteiger partial charge is 0.451 e. The lowest BCUT2D eigenvalue weighted by Crippen LogP contribution is -2.47. The number of piperazine rings is 1. The van der Waals surface area contributed by atoms with Gasteiger partial charge in [-0.2, -0.15) is 5.10 Å². The van der Waals surface area contributed by atoms with Crippen molar-refractivity contribution in [3.05, 3.63) is 65.4 Å². The molecule has 4 rings (SSSR count). The van der Waals surface area contributed by atoms with Crippen molar-refractivity contribution in [1.29, 1.82) is 0 Å². The Labute approximate surface area is 157 Å². The third-order valence-corrected chi connectivity index (χ3v) is 4.80. The number of oxazole rings is 1. The molecule has 0 spiro atoms. The van der Waals surface area contributed by atoms with Gasteiger partial charge in [0.15, 0.2) is 6.39 Å². The number of hydrogen-bond acceptors (Lipinski definition) is 7. The maximum absolute atomic E-state index is 12.2. The number of aromatic nitrogens is 4. The maximum atomic E-state index is 12.2. The molecule has 0 unspecified atom stereocenters. The molecule has 0 atom stereocenters. The SMILES string of the molecule is O=c1ccc(-c2ccncc2)nn1CCN1CCN(Cc2cocn2)CC1. The van der Waals surface area contributed by atoms with Gasteiger partial charge in [-0.25, -0.2) is 9.67 Å². The second-order valence-electron chi connectivity index (χ2n) is 6.61. The molecule has 8 nitrogen and oxygen atoms in total. The number of nitrogens with zero attached hydrogens (tertiary/aromatic N) is 6. The highest BCUT2D eigenvalue weighted by Gasteiger charge is 2.17. The molecule has 0 saturated carbocycles. The van der Waals surface area contributed by atoms with E-state index < -0.39 is 0 Å². The second kappa shape index (κ2) is 8.24. The Morgan fingerprint density at radius 2 is 1.74 bits per heavy atom. The van der Waals surface area contributed by atoms with E-state index in [0.717, 1.165) is 56.2 Å². The lowest BCUT2D eigenvalue weighted by atomic mass is 10.2. The van der Waals surface area contributed by atoms with Crippen LogP contribution in [-0.2, 0) is 13.1 Å². The first kappa shape index (κ1) is 17.6. The van der Waals surface area contributed by atoms with E-state index in [4.69, 9.17) is 4.42 Å². The summed E-state index contributed by atoms with van der Waals surface area (Å²) in [5.74, 6) is 0. The van der Waals surface area contributed by atoms with E-state index in [2.05, 4.69) is 24.9 Å². The fraction of sp³-hybridized carbons (Fsp3) is 0.368. The van der Waals surface area contributed by atoms with Crippen LogP contribution in [0.3, 0.4) is 0 Å². The zero-order chi connectivity index (χ0) is 18.5. The summed E-state index contributed by atoms with van der Waals surface area (Å²) in [4.78, 5) is 25.1. The monoisotopic (exact) mass is 366 g/mol. The zero-order valence-electron chi connectivity index (χ0n) is 15.1. The quantitative estimate of drug-likeness (QED) is 0.646. The molecule has 0 bridgehead atoms. The average molecular weight is 366 g/mol. The van der Waals surface area contributed by atoms with Crippen molar-refractivity contribution >= 4 is 0 Å². The van der Waals surface area contributed by atoms with Crippen molar-refractivity contribution in [3.8, 4) is 11.3 Å². The van der Waals surface area contributed by atoms with Crippen LogP contribution in [0.5, 0.6) is 0 Å². The van der Waals surface area contributed by atoms with Crippen LogP contribution in [0.2, 0.25) is 0 Å². The number of rotatable bonds is 6. The van der Waals surface area contributed by atoms with Crippen molar-refractivity contribution in [1.82, 2.24) is 29.5 Å². The van der Waals surface area contributed by atoms with Crippen LogP contribution in [0.25, 0.3) is 11.3 Å². The predicted molar refractivity (Wildman–Crippen MR) is 99.9 cm³/mol. The predicted octanol–water partition coefficient (Wildman–Crippen LogP) is 1.11. The molecule has 0 N–H and O–H groups in total. The molecule has 3 aromatic heterocycles. The lowest BCUT2D eigenvalue weighted by molar-refractivity contribution is 0.121. The topological polar surface area (TPSA) is 80.3 Å². The van der Waals surface area contributed by atoms with Crippen molar-refractivity contribution in [3.63, 3.8) is 0 Å². The second-order valence-corrected chi connectivity index (χ2v) is 6.61. The molecule has 4 heterocycles. The van der Waals surface area contributed by atoms with Gasteiger partial charge >= 0.3 is 0 Å². The molecule has 1 aliphatic heterocycles. The first-order valence-corrected chi connectivity index (χ1v) is 9.08. The van der Waals surface area contributed by atoms with Gasteiger partial charge in [-0.15, -0.1) is 0 Å². The Bertz CT molecular complexity index is 901. The fourth-order valence-corrected chi connectivity index (χ4v) is 3.24. The lowest BCUT2D eigenvalue weighted by Gasteiger charge is -2.34. The van der Waals surface area contributed by atoms with E-state index in [1.54, 1.807) is 35.5 Å². The van der Waals surface area contributed by atoms with Gasteiger partial charge in [0.05, 0.1) is 17.9 Å². The molecule has 0 aliphatic carbocycles. The van der Waals surface area contributed by atoms with Gasteiger partial charge in [-0.3, -0.25) is 19.6 Å². The highest BCUT2D eigenvalue weighted by Crippen LogP contribution is 2.13. The van der Waals surface area contributed by atoms with E-state index in [1.807, 2.05) is 12.1 Å². The molecule has 8 heteroatoms. The summed E-state index contributed by atoms with van der Waals surface area (Å²) in [5, 5.41) is 4.51. The van der Waals surface area contributed by atoms with Crippen molar-refractivity contribution in [2.24, 2.45) is 0 Å². The molecule has 27 heavy (non-hydrogen) atoms. The molecule has 1 saturated heterocycles. The van der Waals surface area contributed by atoms with Gasteiger partial charge in [0.1, 0.15) is 6.26 Å². The highest BCUT2D eigenvalue weighted by molar-refractivity contribution is 5.56. The first-order chi connectivity index (χ1) is 13.3. The van der Waals surface area contributed by atoms with E-state index in [-0.39, 0.29) is 5.56 Å². The van der Waals surface area contributed by atoms with Crippen LogP contribution in [0.1, 0.15) is 5.69 Å². The van der Waals surface area contributed by atoms with Crippen LogP contribution in [0.15, 0.2) is 58.5 Å². The third kappa shape index (κ3) is 4.47. The minimum atomic E-state index is -0.0718. The van der Waals surface area contributed by atoms with Crippen molar-refractivity contribution in [2.75, 3.05) is 32.7 Å². The Morgan fingerprint density at radius 1 is 0.963 bits per heavy atom. The van der Waals surface area contributed by atoms with Crippen molar-refractivity contribution < 1.29 is 4.42 Å². The third-order valence-electron chi connectivity index (χ3n) is 4.80. The summed E-state index contributed by atoms with van der Waals surface area (Å²) in [5.41, 5.74) is 2.64. The van der Waals surface area contributed by atoms with E-state index in [9.17, 15) is 4.79 Å². The summed E-state index contributed by atoms with van der Waals surface area (Å²) in [6.45, 7) is 6.11. The first-order valence-electron chi connectivity index (χ1n) is 9.08. The number of hydrogen-bond donors (Lipinski definition) is 0. The maximum Gasteiger partial charge on any atom is 0.266 e. The van der Waals surface area contributed by atoms with Gasteiger partial charge < -0.3 is 4.42 Å². The average Bonchev–Trinajstić information content (AvgIpc) is 3.22. The minimum absolute atomic E-state index is 0.0718. The Hall–Kier alpha value is -2.84. The minimum Gasteiger partial charge on any atom is -0.451 e.